The molecule has 0 aliphatic carbocycles. The number of carbonyl (C=O) groups excluding carboxylic acids is 1. The highest BCUT2D eigenvalue weighted by Gasteiger charge is 2.26. The van der Waals surface area contributed by atoms with Gasteiger partial charge in [-0.15, -0.1) is 11.3 Å². The largest absolute Gasteiger partial charge is 0.331 e. The molecule has 0 saturated heterocycles. The van der Waals surface area contributed by atoms with Crippen LogP contribution in [-0.4, -0.2) is 16.1 Å². The summed E-state index contributed by atoms with van der Waals surface area (Å²) in [7, 11) is 0. The predicted molar refractivity (Wildman–Crippen MR) is 66.3 cm³/mol. The zero-order chi connectivity index (χ0) is 13.3. The summed E-state index contributed by atoms with van der Waals surface area (Å²) in [4.78, 5) is 31.8. The molecule has 0 N–H and O–H groups in total. The van der Waals surface area contributed by atoms with Gasteiger partial charge < -0.3 is 0 Å². The standard InChI is InChI=1S/C9H4N2O5S2/c12-4-5-1-2-7(17-5)9-6(10(13)14)3-8(18-9)11(15)16/h1-4H. The molecule has 0 spiro atoms. The molecule has 0 radical (unpaired) electrons. The summed E-state index contributed by atoms with van der Waals surface area (Å²) in [5.74, 6) is 0. The molecule has 0 fully saturated rings. The van der Waals surface area contributed by atoms with E-state index in [1.807, 2.05) is 0 Å². The Morgan fingerprint density at radius 1 is 1.11 bits per heavy atom. The number of thiophene rings is 2. The van der Waals surface area contributed by atoms with Crippen LogP contribution in [0.15, 0.2) is 18.2 Å². The van der Waals surface area contributed by atoms with E-state index in [0.29, 0.717) is 16.0 Å². The minimum Gasteiger partial charge on any atom is -0.297 e. The molecule has 0 aliphatic heterocycles. The van der Waals surface area contributed by atoms with Crippen molar-refractivity contribution in [3.63, 3.8) is 0 Å². The maximum atomic E-state index is 10.8. The molecule has 0 bridgehead atoms. The highest BCUT2D eigenvalue weighted by Crippen LogP contribution is 2.44. The molecule has 0 unspecified atom stereocenters. The van der Waals surface area contributed by atoms with Crippen molar-refractivity contribution in [1.82, 2.24) is 0 Å². The molecule has 7 nitrogen and oxygen atoms in total. The van der Waals surface area contributed by atoms with E-state index >= 15 is 0 Å². The molecule has 92 valence electrons. The Kier molecular flexibility index (Phi) is 3.17. The lowest BCUT2D eigenvalue weighted by Crippen LogP contribution is -1.86. The molecule has 2 aromatic rings. The van der Waals surface area contributed by atoms with Crippen molar-refractivity contribution in [1.29, 1.82) is 0 Å². The van der Waals surface area contributed by atoms with Crippen molar-refractivity contribution >= 4 is 39.6 Å². The van der Waals surface area contributed by atoms with Crippen molar-refractivity contribution < 1.29 is 14.6 Å². The monoisotopic (exact) mass is 284 g/mol. The number of nitro groups is 2. The molecule has 0 amide bonds. The van der Waals surface area contributed by atoms with Crippen molar-refractivity contribution in [2.75, 3.05) is 0 Å². The van der Waals surface area contributed by atoms with Crippen LogP contribution < -0.4 is 0 Å². The van der Waals surface area contributed by atoms with Crippen LogP contribution in [0.2, 0.25) is 0 Å². The summed E-state index contributed by atoms with van der Waals surface area (Å²) < 4.78 is 0. The number of aldehydes is 1. The number of rotatable bonds is 4. The van der Waals surface area contributed by atoms with Crippen molar-refractivity contribution in [3.8, 4) is 9.75 Å². The van der Waals surface area contributed by atoms with Crippen LogP contribution in [0.4, 0.5) is 10.7 Å². The topological polar surface area (TPSA) is 103 Å². The van der Waals surface area contributed by atoms with E-state index in [4.69, 9.17) is 0 Å². The summed E-state index contributed by atoms with van der Waals surface area (Å²) in [6, 6.07) is 3.99. The molecule has 9 heteroatoms. The van der Waals surface area contributed by atoms with E-state index in [9.17, 15) is 25.0 Å². The summed E-state index contributed by atoms with van der Waals surface area (Å²) in [5, 5.41) is 21.2. The van der Waals surface area contributed by atoms with Crippen LogP contribution in [-0.2, 0) is 0 Å². The third-order valence-corrected chi connectivity index (χ3v) is 4.31. The van der Waals surface area contributed by atoms with Crippen LogP contribution in [0.1, 0.15) is 9.67 Å². The van der Waals surface area contributed by atoms with Gasteiger partial charge >= 0.3 is 5.00 Å². The second-order valence-corrected chi connectivity index (χ2v) is 5.28. The van der Waals surface area contributed by atoms with Crippen LogP contribution in [0.25, 0.3) is 9.75 Å². The Morgan fingerprint density at radius 2 is 1.83 bits per heavy atom. The van der Waals surface area contributed by atoms with Crippen molar-refractivity contribution in [2.24, 2.45) is 0 Å². The highest BCUT2D eigenvalue weighted by molar-refractivity contribution is 7.24. The summed E-state index contributed by atoms with van der Waals surface area (Å²) in [5.41, 5.74) is -0.314. The van der Waals surface area contributed by atoms with Gasteiger partial charge in [-0.2, -0.15) is 0 Å². The number of carbonyl (C=O) groups is 1. The summed E-state index contributed by atoms with van der Waals surface area (Å²) in [6.45, 7) is 0. The van der Waals surface area contributed by atoms with Crippen LogP contribution >= 0.6 is 22.7 Å². The van der Waals surface area contributed by atoms with Gasteiger partial charge in [-0.25, -0.2) is 0 Å². The fourth-order valence-corrected chi connectivity index (χ4v) is 3.19. The SMILES string of the molecule is O=Cc1ccc(-c2sc([N+](=O)[O-])cc2[N+](=O)[O-])s1. The van der Waals surface area contributed by atoms with Crippen molar-refractivity contribution in [3.05, 3.63) is 43.3 Å². The molecule has 2 rings (SSSR count). The van der Waals surface area contributed by atoms with E-state index in [0.717, 1.165) is 28.7 Å². The molecule has 2 heterocycles. The third kappa shape index (κ3) is 2.13. The molecule has 18 heavy (non-hydrogen) atoms. The second-order valence-electron chi connectivity index (χ2n) is 3.13. The minimum absolute atomic E-state index is 0.199. The molecule has 0 aromatic carbocycles. The molecular weight excluding hydrogens is 280 g/mol. The second kappa shape index (κ2) is 4.63. The fourth-order valence-electron chi connectivity index (χ4n) is 1.31. The van der Waals surface area contributed by atoms with Gasteiger partial charge in [0, 0.05) is 0 Å². The highest BCUT2D eigenvalue weighted by atomic mass is 32.1. The zero-order valence-electron chi connectivity index (χ0n) is 8.56. The summed E-state index contributed by atoms with van der Waals surface area (Å²) in [6.07, 6.45) is 0.627. The lowest BCUT2D eigenvalue weighted by molar-refractivity contribution is -0.389. The zero-order valence-corrected chi connectivity index (χ0v) is 10.2. The van der Waals surface area contributed by atoms with E-state index in [-0.39, 0.29) is 15.6 Å². The summed E-state index contributed by atoms with van der Waals surface area (Å²) >= 11 is 1.78. The average Bonchev–Trinajstić information content (AvgIpc) is 2.95. The van der Waals surface area contributed by atoms with Gasteiger partial charge in [-0.3, -0.25) is 25.0 Å². The van der Waals surface area contributed by atoms with Crippen LogP contribution in [0.3, 0.4) is 0 Å². The van der Waals surface area contributed by atoms with Gasteiger partial charge in [0.25, 0.3) is 5.69 Å². The minimum atomic E-state index is -0.671. The molecular formula is C9H4N2O5S2. The Labute approximate surface area is 108 Å². The van der Waals surface area contributed by atoms with Crippen LogP contribution in [0.5, 0.6) is 0 Å². The lowest BCUT2D eigenvalue weighted by Gasteiger charge is -1.90. The Hall–Kier alpha value is -2.13. The smallest absolute Gasteiger partial charge is 0.297 e. The molecule has 0 saturated carbocycles. The Bertz CT molecular complexity index is 645. The van der Waals surface area contributed by atoms with Crippen LogP contribution in [0, 0.1) is 20.2 Å². The number of hydrogen-bond donors (Lipinski definition) is 0. The Balaban J connectivity index is 2.57. The molecule has 0 atom stereocenters. The van der Waals surface area contributed by atoms with Gasteiger partial charge in [0.15, 0.2) is 6.29 Å². The molecule has 0 aliphatic rings. The lowest BCUT2D eigenvalue weighted by atomic mass is 10.3. The average molecular weight is 284 g/mol. The van der Waals surface area contributed by atoms with Gasteiger partial charge in [0.05, 0.1) is 19.6 Å². The number of hydrogen-bond acceptors (Lipinski definition) is 7. The van der Waals surface area contributed by atoms with E-state index in [1.54, 1.807) is 0 Å². The first-order valence-electron chi connectivity index (χ1n) is 4.51. The first-order valence-corrected chi connectivity index (χ1v) is 6.14. The van der Waals surface area contributed by atoms with Crippen molar-refractivity contribution in [2.45, 2.75) is 0 Å². The fraction of sp³-hybridized carbons (Fsp3) is 0. The van der Waals surface area contributed by atoms with E-state index < -0.39 is 9.85 Å². The molecule has 2 aromatic heterocycles. The van der Waals surface area contributed by atoms with Gasteiger partial charge in [-0.05, 0) is 12.1 Å². The van der Waals surface area contributed by atoms with Gasteiger partial charge in [0.1, 0.15) is 10.9 Å². The first-order chi connectivity index (χ1) is 8.52. The third-order valence-electron chi connectivity index (χ3n) is 2.04. The van der Waals surface area contributed by atoms with Gasteiger partial charge in [-0.1, -0.05) is 11.3 Å². The maximum Gasteiger partial charge on any atom is 0.331 e. The Morgan fingerprint density at radius 3 is 2.33 bits per heavy atom. The van der Waals surface area contributed by atoms with Gasteiger partial charge in [0.2, 0.25) is 0 Å². The normalized spacial score (nSPS) is 10.2. The van der Waals surface area contributed by atoms with E-state index in [2.05, 4.69) is 0 Å². The maximum absolute atomic E-state index is 10.8. The first kappa shape index (κ1) is 12.3. The number of nitrogens with zero attached hydrogens (tertiary/aromatic N) is 2. The van der Waals surface area contributed by atoms with E-state index in [1.165, 1.54) is 12.1 Å². The predicted octanol–water partition coefficient (Wildman–Crippen LogP) is 3.11. The quantitative estimate of drug-likeness (QED) is 0.487.